The number of ether oxygens (including phenoxy) is 1. The highest BCUT2D eigenvalue weighted by atomic mass is 32.1. The Kier molecular flexibility index (Phi) is 7.15. The molecule has 0 aromatic heterocycles. The van der Waals surface area contributed by atoms with Gasteiger partial charge in [-0.25, -0.2) is 4.79 Å². The Morgan fingerprint density at radius 2 is 1.95 bits per heavy atom. The van der Waals surface area contributed by atoms with Crippen LogP contribution in [-0.4, -0.2) is 30.3 Å². The number of alkyl carbamates (subject to hydrolysis) is 1. The summed E-state index contributed by atoms with van der Waals surface area (Å²) in [7, 11) is 1.31. The van der Waals surface area contributed by atoms with Crippen LogP contribution >= 0.6 is 12.6 Å². The van der Waals surface area contributed by atoms with E-state index >= 15 is 0 Å². The van der Waals surface area contributed by atoms with Crippen LogP contribution in [0.25, 0.3) is 0 Å². The summed E-state index contributed by atoms with van der Waals surface area (Å²) < 4.78 is 4.59. The molecule has 2 atom stereocenters. The van der Waals surface area contributed by atoms with Crippen LogP contribution in [0.15, 0.2) is 30.3 Å². The van der Waals surface area contributed by atoms with Crippen molar-refractivity contribution in [1.82, 2.24) is 5.32 Å². The van der Waals surface area contributed by atoms with Gasteiger partial charge in [-0.15, -0.1) is 0 Å². The summed E-state index contributed by atoms with van der Waals surface area (Å²) >= 11 is 4.13. The molecule has 1 rings (SSSR count). The van der Waals surface area contributed by atoms with Crippen LogP contribution in [0, 0.1) is 0 Å². The van der Waals surface area contributed by atoms with E-state index in [0.717, 1.165) is 6.42 Å². The third kappa shape index (κ3) is 6.10. The molecule has 0 aliphatic rings. The lowest BCUT2D eigenvalue weighted by atomic mass is 10.0. The number of amides is 1. The number of aryl methyl sites for hydroxylation is 1. The van der Waals surface area contributed by atoms with E-state index in [2.05, 4.69) is 22.7 Å². The van der Waals surface area contributed by atoms with E-state index in [4.69, 9.17) is 0 Å². The molecule has 0 radical (unpaired) electrons. The molecule has 0 aliphatic heterocycles. The molecule has 1 N–H and O–H groups in total. The lowest BCUT2D eigenvalue weighted by Crippen LogP contribution is -2.37. The van der Waals surface area contributed by atoms with Crippen molar-refractivity contribution < 1.29 is 14.3 Å². The van der Waals surface area contributed by atoms with Crippen LogP contribution in [-0.2, 0) is 16.0 Å². The molecule has 110 valence electrons. The van der Waals surface area contributed by atoms with Crippen molar-refractivity contribution in [2.75, 3.05) is 7.11 Å². The van der Waals surface area contributed by atoms with E-state index in [1.54, 1.807) is 6.92 Å². The van der Waals surface area contributed by atoms with E-state index in [-0.39, 0.29) is 23.5 Å². The second-order valence-electron chi connectivity index (χ2n) is 4.70. The number of hydrogen-bond acceptors (Lipinski definition) is 4. The molecule has 0 heterocycles. The molecule has 0 saturated heterocycles. The largest absolute Gasteiger partial charge is 0.453 e. The number of ketones is 1. The summed E-state index contributed by atoms with van der Waals surface area (Å²) in [6, 6.07) is 9.72. The normalized spacial score (nSPS) is 13.3. The summed E-state index contributed by atoms with van der Waals surface area (Å²) in [6.07, 6.45) is 1.24. The molecule has 0 bridgehead atoms. The number of thiol groups is 1. The van der Waals surface area contributed by atoms with Crippen molar-refractivity contribution >= 4 is 24.5 Å². The highest BCUT2D eigenvalue weighted by Crippen LogP contribution is 2.10. The van der Waals surface area contributed by atoms with Crippen molar-refractivity contribution in [3.05, 3.63) is 35.9 Å². The first-order valence-corrected chi connectivity index (χ1v) is 7.13. The SMILES string of the molecule is COC(=O)N[C@H](CCc1ccccc1)CC(=O)C(C)S. The molecule has 5 heteroatoms. The van der Waals surface area contributed by atoms with E-state index in [1.807, 2.05) is 30.3 Å². The first kappa shape index (κ1) is 16.6. The second kappa shape index (κ2) is 8.64. The minimum Gasteiger partial charge on any atom is -0.453 e. The van der Waals surface area contributed by atoms with Crippen LogP contribution in [0.3, 0.4) is 0 Å². The van der Waals surface area contributed by atoms with Gasteiger partial charge in [0.1, 0.15) is 5.78 Å². The van der Waals surface area contributed by atoms with Gasteiger partial charge in [0.15, 0.2) is 0 Å². The van der Waals surface area contributed by atoms with Gasteiger partial charge in [0.05, 0.1) is 12.4 Å². The topological polar surface area (TPSA) is 55.4 Å². The highest BCUT2D eigenvalue weighted by Gasteiger charge is 2.18. The van der Waals surface area contributed by atoms with Gasteiger partial charge in [-0.2, -0.15) is 12.6 Å². The second-order valence-corrected chi connectivity index (χ2v) is 5.48. The highest BCUT2D eigenvalue weighted by molar-refractivity contribution is 7.81. The third-order valence-corrected chi connectivity index (χ3v) is 3.33. The van der Waals surface area contributed by atoms with Gasteiger partial charge >= 0.3 is 6.09 Å². The molecule has 1 aromatic rings. The van der Waals surface area contributed by atoms with Gasteiger partial charge in [0.25, 0.3) is 0 Å². The Morgan fingerprint density at radius 1 is 1.30 bits per heavy atom. The van der Waals surface area contributed by atoms with Crippen molar-refractivity contribution in [2.45, 2.75) is 37.5 Å². The predicted molar refractivity (Wildman–Crippen MR) is 82.2 cm³/mol. The molecule has 0 fully saturated rings. The Bertz CT molecular complexity index is 434. The average molecular weight is 295 g/mol. The molecule has 0 aliphatic carbocycles. The van der Waals surface area contributed by atoms with Crippen molar-refractivity contribution in [3.8, 4) is 0 Å². The molecular formula is C15H21NO3S. The quantitative estimate of drug-likeness (QED) is 0.760. The van der Waals surface area contributed by atoms with Crippen LogP contribution in [0.1, 0.15) is 25.3 Å². The average Bonchev–Trinajstić information content (AvgIpc) is 2.45. The summed E-state index contributed by atoms with van der Waals surface area (Å²) in [5.41, 5.74) is 1.18. The zero-order valence-electron chi connectivity index (χ0n) is 11.8. The maximum absolute atomic E-state index is 11.8. The first-order chi connectivity index (χ1) is 9.52. The van der Waals surface area contributed by atoms with E-state index < -0.39 is 6.09 Å². The zero-order chi connectivity index (χ0) is 15.0. The van der Waals surface area contributed by atoms with Gasteiger partial charge in [-0.3, -0.25) is 4.79 Å². The Morgan fingerprint density at radius 3 is 2.50 bits per heavy atom. The van der Waals surface area contributed by atoms with Crippen LogP contribution in [0.4, 0.5) is 4.79 Å². The first-order valence-electron chi connectivity index (χ1n) is 6.62. The molecular weight excluding hydrogens is 274 g/mol. The number of methoxy groups -OCH3 is 1. The number of Topliss-reactive ketones (excluding diaryl/α,β-unsaturated/α-hetero) is 1. The fourth-order valence-corrected chi connectivity index (χ4v) is 1.96. The molecule has 1 unspecified atom stereocenters. The number of carbonyl (C=O) groups is 2. The zero-order valence-corrected chi connectivity index (χ0v) is 12.7. The van der Waals surface area contributed by atoms with Gasteiger partial charge in [0, 0.05) is 12.5 Å². The van der Waals surface area contributed by atoms with Gasteiger partial charge < -0.3 is 10.1 Å². The van der Waals surface area contributed by atoms with Gasteiger partial charge in [-0.1, -0.05) is 30.3 Å². The fraction of sp³-hybridized carbons (Fsp3) is 0.467. The van der Waals surface area contributed by atoms with Crippen LogP contribution < -0.4 is 5.32 Å². The van der Waals surface area contributed by atoms with Crippen molar-refractivity contribution in [1.29, 1.82) is 0 Å². The molecule has 20 heavy (non-hydrogen) atoms. The number of hydrogen-bond donors (Lipinski definition) is 2. The minimum absolute atomic E-state index is 0.0165. The van der Waals surface area contributed by atoms with Gasteiger partial charge in [0.2, 0.25) is 0 Å². The standard InChI is InChI=1S/C15H21NO3S/c1-11(20)14(17)10-13(16-15(18)19-2)9-8-12-6-4-3-5-7-12/h3-7,11,13,20H,8-10H2,1-2H3,(H,16,18)/t11?,13-/m1/s1. The van der Waals surface area contributed by atoms with E-state index in [0.29, 0.717) is 6.42 Å². The summed E-state index contributed by atoms with van der Waals surface area (Å²) in [4.78, 5) is 23.1. The summed E-state index contributed by atoms with van der Waals surface area (Å²) in [5, 5.41) is 2.38. The van der Waals surface area contributed by atoms with Crippen molar-refractivity contribution in [3.63, 3.8) is 0 Å². The van der Waals surface area contributed by atoms with Crippen LogP contribution in [0.2, 0.25) is 0 Å². The fourth-order valence-electron chi connectivity index (χ4n) is 1.85. The number of carbonyl (C=O) groups excluding carboxylic acids is 2. The predicted octanol–water partition coefficient (Wildman–Crippen LogP) is 2.62. The van der Waals surface area contributed by atoms with E-state index in [9.17, 15) is 9.59 Å². The summed E-state index contributed by atoms with van der Waals surface area (Å²) in [6.45, 7) is 1.73. The van der Waals surface area contributed by atoms with E-state index in [1.165, 1.54) is 12.7 Å². The third-order valence-electron chi connectivity index (χ3n) is 3.05. The number of rotatable bonds is 7. The summed E-state index contributed by atoms with van der Waals surface area (Å²) in [5.74, 6) is 0.0165. The van der Waals surface area contributed by atoms with Crippen molar-refractivity contribution in [2.24, 2.45) is 0 Å². The smallest absolute Gasteiger partial charge is 0.407 e. The Hall–Kier alpha value is -1.49. The molecule has 1 aromatic carbocycles. The Balaban J connectivity index is 2.57. The maximum atomic E-state index is 11.8. The lowest BCUT2D eigenvalue weighted by molar-refractivity contribution is -0.118. The molecule has 0 spiro atoms. The monoisotopic (exact) mass is 295 g/mol. The number of benzene rings is 1. The molecule has 1 amide bonds. The van der Waals surface area contributed by atoms with Gasteiger partial charge in [-0.05, 0) is 25.3 Å². The minimum atomic E-state index is -0.511. The molecule has 4 nitrogen and oxygen atoms in total. The lowest BCUT2D eigenvalue weighted by Gasteiger charge is -2.18. The number of nitrogens with one attached hydrogen (secondary N) is 1. The van der Waals surface area contributed by atoms with Crippen LogP contribution in [0.5, 0.6) is 0 Å². The molecule has 0 saturated carbocycles. The Labute approximate surface area is 125 Å². The maximum Gasteiger partial charge on any atom is 0.407 e.